The predicted octanol–water partition coefficient (Wildman–Crippen LogP) is 3.41. The van der Waals surface area contributed by atoms with Gasteiger partial charge in [0.25, 0.3) is 11.5 Å². The van der Waals surface area contributed by atoms with Gasteiger partial charge in [0.05, 0.1) is 41.3 Å². The van der Waals surface area contributed by atoms with Gasteiger partial charge in [0.15, 0.2) is 11.5 Å². The molecule has 49 heavy (non-hydrogen) atoms. The Morgan fingerprint density at radius 2 is 1.82 bits per heavy atom. The lowest BCUT2D eigenvalue weighted by molar-refractivity contribution is -0.118. The number of aromatic nitrogens is 4. The van der Waals surface area contributed by atoms with Crippen LogP contribution in [-0.4, -0.2) is 52.3 Å². The van der Waals surface area contributed by atoms with Crippen molar-refractivity contribution in [2.75, 3.05) is 11.0 Å². The maximum Gasteiger partial charge on any atom is 0.274 e. The molecular formula is C35H33N9O4S. The average molecular weight is 676 g/mol. The van der Waals surface area contributed by atoms with Crippen LogP contribution in [0.1, 0.15) is 42.3 Å². The molecule has 13 nitrogen and oxygen atoms in total. The number of fused-ring (bicyclic) bond motifs is 1. The molecule has 0 fully saturated rings. The minimum absolute atomic E-state index is 0.217. The maximum atomic E-state index is 14.3. The Morgan fingerprint density at radius 1 is 1.06 bits per heavy atom. The molecule has 1 atom stereocenters. The first kappa shape index (κ1) is 34.0. The lowest BCUT2D eigenvalue weighted by Crippen LogP contribution is -2.33. The van der Waals surface area contributed by atoms with Gasteiger partial charge in [-0.3, -0.25) is 28.5 Å². The summed E-state index contributed by atoms with van der Waals surface area (Å²) < 4.78 is 29.0. The number of aliphatic imine (C=N–C) groups is 2. The molecule has 0 radical (unpaired) electrons. The smallest absolute Gasteiger partial charge is 0.274 e. The number of nitrogens with one attached hydrogen (secondary N) is 2. The fourth-order valence-electron chi connectivity index (χ4n) is 5.05. The van der Waals surface area contributed by atoms with Gasteiger partial charge in [-0.2, -0.15) is 5.10 Å². The number of carbonyl (C=O) groups excluding carboxylic acids is 1. The number of hydrogen-bond acceptors (Lipinski definition) is 9. The molecule has 0 saturated heterocycles. The summed E-state index contributed by atoms with van der Waals surface area (Å²) in [5, 5.41) is 8.11. The summed E-state index contributed by atoms with van der Waals surface area (Å²) in [6.45, 7) is 6.79. The van der Waals surface area contributed by atoms with Crippen molar-refractivity contribution in [3.63, 3.8) is 0 Å². The molecule has 5 rings (SSSR count). The lowest BCUT2D eigenvalue weighted by Gasteiger charge is -2.21. The first-order chi connectivity index (χ1) is 23.3. The topological polar surface area (TPSA) is 179 Å². The zero-order valence-electron chi connectivity index (χ0n) is 27.2. The Labute approximate surface area is 283 Å². The van der Waals surface area contributed by atoms with Crippen molar-refractivity contribution in [1.29, 1.82) is 0 Å². The first-order valence-electron chi connectivity index (χ1n) is 14.8. The monoisotopic (exact) mass is 675 g/mol. The van der Waals surface area contributed by atoms with Gasteiger partial charge in [-0.25, -0.2) is 18.4 Å². The number of pyridine rings is 2. The Balaban J connectivity index is 1.55. The van der Waals surface area contributed by atoms with Crippen LogP contribution >= 0.6 is 0 Å². The third kappa shape index (κ3) is 7.98. The fourth-order valence-corrected chi connectivity index (χ4v) is 5.59. The lowest BCUT2D eigenvalue weighted by atomic mass is 10.0. The number of aryl methyl sites for hydroxylation is 1. The molecule has 0 aliphatic rings. The standard InChI is InChI=1S/C35H33N9O4S/c1-22(27-16-28(20-38-19-27)42-49(5,47)48)40-32(33(36)37-3)34(45)41-23(2)30-17-26-11-9-10-25(15-14-24-18-39-43(4)21-24)31(26)35(46)44(30)29-12-7-6-8-13-29/h6-13,16-21,23,42H,3,36H2,1-2,4-5H3,(H,41,45)/b33-32-,40-22+/t23-/m1/s1. The molecule has 0 aliphatic carbocycles. The van der Waals surface area contributed by atoms with Crippen molar-refractivity contribution in [1.82, 2.24) is 24.6 Å². The molecule has 3 heterocycles. The van der Waals surface area contributed by atoms with E-state index in [1.165, 1.54) is 18.5 Å². The second-order valence-corrected chi connectivity index (χ2v) is 12.8. The van der Waals surface area contributed by atoms with Gasteiger partial charge < -0.3 is 11.1 Å². The highest BCUT2D eigenvalue weighted by Crippen LogP contribution is 2.24. The average Bonchev–Trinajstić information content (AvgIpc) is 3.49. The second kappa shape index (κ2) is 14.2. The third-order valence-corrected chi connectivity index (χ3v) is 7.90. The summed E-state index contributed by atoms with van der Waals surface area (Å²) in [5.41, 5.74) is 8.82. The van der Waals surface area contributed by atoms with E-state index in [0.29, 0.717) is 44.6 Å². The molecule has 0 saturated carbocycles. The molecule has 5 aromatic rings. The van der Waals surface area contributed by atoms with E-state index >= 15 is 0 Å². The van der Waals surface area contributed by atoms with Crippen LogP contribution in [0.2, 0.25) is 0 Å². The van der Waals surface area contributed by atoms with Gasteiger partial charge in [-0.05, 0) is 56.3 Å². The Hall–Kier alpha value is -6.33. The Kier molecular flexibility index (Phi) is 9.86. The largest absolute Gasteiger partial charge is 0.382 e. The van der Waals surface area contributed by atoms with E-state index in [-0.39, 0.29) is 22.8 Å². The van der Waals surface area contributed by atoms with Crippen molar-refractivity contribution < 1.29 is 13.2 Å². The predicted molar refractivity (Wildman–Crippen MR) is 191 cm³/mol. The number of hydrogen-bond donors (Lipinski definition) is 3. The molecule has 2 aromatic carbocycles. The number of nitrogens with zero attached hydrogens (tertiary/aromatic N) is 6. The summed E-state index contributed by atoms with van der Waals surface area (Å²) in [7, 11) is -1.75. The molecule has 0 bridgehead atoms. The van der Waals surface area contributed by atoms with Gasteiger partial charge >= 0.3 is 0 Å². The van der Waals surface area contributed by atoms with Crippen LogP contribution < -0.4 is 21.3 Å². The minimum Gasteiger partial charge on any atom is -0.382 e. The number of sulfonamides is 1. The summed E-state index contributed by atoms with van der Waals surface area (Å²) >= 11 is 0. The number of anilines is 1. The Morgan fingerprint density at radius 3 is 2.49 bits per heavy atom. The van der Waals surface area contributed by atoms with Gasteiger partial charge in [-0.1, -0.05) is 42.2 Å². The van der Waals surface area contributed by atoms with Crippen molar-refractivity contribution >= 4 is 44.8 Å². The molecule has 0 spiro atoms. The second-order valence-electron chi connectivity index (χ2n) is 11.1. The molecule has 1 amide bonds. The van der Waals surface area contributed by atoms with Crippen LogP contribution in [0.3, 0.4) is 0 Å². The van der Waals surface area contributed by atoms with Crippen LogP contribution in [0.25, 0.3) is 16.5 Å². The van der Waals surface area contributed by atoms with Gasteiger partial charge in [0.1, 0.15) is 0 Å². The molecule has 4 N–H and O–H groups in total. The molecule has 248 valence electrons. The van der Waals surface area contributed by atoms with Crippen molar-refractivity contribution in [3.05, 3.63) is 130 Å². The summed E-state index contributed by atoms with van der Waals surface area (Å²) in [6, 6.07) is 17.1. The van der Waals surface area contributed by atoms with Gasteiger partial charge in [-0.15, -0.1) is 0 Å². The van der Waals surface area contributed by atoms with Gasteiger partial charge in [0.2, 0.25) is 10.0 Å². The Bertz CT molecular complexity index is 2380. The maximum absolute atomic E-state index is 14.3. The summed E-state index contributed by atoms with van der Waals surface area (Å²) in [5.74, 6) is 5.28. The SMILES string of the molecule is C=N/C(N)=C(\N=C(/C)c1cncc(NS(C)(=O)=O)c1)C(=O)N[C@H](C)c1cc2cccc(C#Cc3cnn(C)c3)c2c(=O)n1-c1ccccc1. The fraction of sp³-hybridized carbons (Fsp3) is 0.143. The first-order valence-corrected chi connectivity index (χ1v) is 16.7. The highest BCUT2D eigenvalue weighted by Gasteiger charge is 2.22. The van der Waals surface area contributed by atoms with Gasteiger partial charge in [0, 0.05) is 47.7 Å². The third-order valence-electron chi connectivity index (χ3n) is 7.29. The number of amides is 1. The number of benzene rings is 2. The summed E-state index contributed by atoms with van der Waals surface area (Å²) in [6.07, 6.45) is 7.26. The van der Waals surface area contributed by atoms with Crippen LogP contribution in [0.15, 0.2) is 112 Å². The van der Waals surface area contributed by atoms with Crippen LogP contribution in [0.5, 0.6) is 0 Å². The number of nitrogens with two attached hydrogens (primary N) is 1. The summed E-state index contributed by atoms with van der Waals surface area (Å²) in [4.78, 5) is 40.3. The number of carbonyl (C=O) groups is 1. The van der Waals surface area contributed by atoms with Crippen molar-refractivity contribution in [2.24, 2.45) is 22.8 Å². The molecular weight excluding hydrogens is 643 g/mol. The highest BCUT2D eigenvalue weighted by atomic mass is 32.2. The van der Waals surface area contributed by atoms with E-state index < -0.39 is 22.0 Å². The molecule has 0 aliphatic heterocycles. The van der Waals surface area contributed by atoms with E-state index in [4.69, 9.17) is 5.73 Å². The van der Waals surface area contributed by atoms with Crippen LogP contribution in [0.4, 0.5) is 5.69 Å². The van der Waals surface area contributed by atoms with Crippen molar-refractivity contribution in [3.8, 4) is 17.5 Å². The van der Waals surface area contributed by atoms with E-state index in [1.807, 2.05) is 36.4 Å². The highest BCUT2D eigenvalue weighted by molar-refractivity contribution is 7.92. The molecule has 14 heteroatoms. The quantitative estimate of drug-likeness (QED) is 0.122. The van der Waals surface area contributed by atoms with Crippen LogP contribution in [-0.2, 0) is 21.9 Å². The van der Waals surface area contributed by atoms with E-state index in [9.17, 15) is 18.0 Å². The van der Waals surface area contributed by atoms with E-state index in [2.05, 4.69) is 48.7 Å². The number of rotatable bonds is 9. The van der Waals surface area contributed by atoms with E-state index in [0.717, 1.165) is 6.26 Å². The normalized spacial score (nSPS) is 12.8. The zero-order chi connectivity index (χ0) is 35.3. The molecule has 3 aromatic heterocycles. The van der Waals surface area contributed by atoms with Crippen LogP contribution in [0, 0.1) is 11.8 Å². The van der Waals surface area contributed by atoms with E-state index in [1.54, 1.807) is 60.7 Å². The number of para-hydroxylation sites is 1. The zero-order valence-corrected chi connectivity index (χ0v) is 28.0. The molecule has 0 unspecified atom stereocenters. The minimum atomic E-state index is -3.55. The van der Waals surface area contributed by atoms with Crippen molar-refractivity contribution in [2.45, 2.75) is 19.9 Å².